The van der Waals surface area contributed by atoms with E-state index in [9.17, 15) is 19.2 Å². The average molecular weight is 382 g/mol. The molecule has 0 amide bonds. The van der Waals surface area contributed by atoms with Crippen LogP contribution in [0.15, 0.2) is 36.4 Å². The van der Waals surface area contributed by atoms with E-state index in [4.69, 9.17) is 4.74 Å². The zero-order valence-electron chi connectivity index (χ0n) is 15.9. The van der Waals surface area contributed by atoms with Crippen LogP contribution in [0.25, 0.3) is 0 Å². The largest absolute Gasteiger partial charge is 0.465 e. The van der Waals surface area contributed by atoms with E-state index in [0.29, 0.717) is 23.7 Å². The van der Waals surface area contributed by atoms with Crippen LogP contribution in [-0.4, -0.2) is 38.7 Å². The van der Waals surface area contributed by atoms with E-state index in [1.54, 1.807) is 24.3 Å². The van der Waals surface area contributed by atoms with E-state index in [1.165, 1.54) is 14.2 Å². The Bertz CT molecular complexity index is 885. The molecular formula is C22H22O6. The summed E-state index contributed by atoms with van der Waals surface area (Å²) in [5, 5.41) is 0. The SMILES string of the molecule is COC(=O)c1ccc(CCCCc2ccc(C=O)c(C(=O)OC)c2)cc1C=O. The van der Waals surface area contributed by atoms with E-state index in [-0.39, 0.29) is 11.1 Å². The van der Waals surface area contributed by atoms with E-state index >= 15 is 0 Å². The molecule has 0 radical (unpaired) electrons. The number of unbranched alkanes of at least 4 members (excludes halogenated alkanes) is 1. The van der Waals surface area contributed by atoms with Crippen LogP contribution in [0.5, 0.6) is 0 Å². The Hall–Kier alpha value is -3.28. The summed E-state index contributed by atoms with van der Waals surface area (Å²) in [5.41, 5.74) is 3.05. The van der Waals surface area contributed by atoms with Crippen LogP contribution in [0, 0.1) is 0 Å². The predicted molar refractivity (Wildman–Crippen MR) is 103 cm³/mol. The predicted octanol–water partition coefficient (Wildman–Crippen LogP) is 3.45. The molecule has 0 atom stereocenters. The van der Waals surface area contributed by atoms with Crippen molar-refractivity contribution in [2.45, 2.75) is 25.7 Å². The van der Waals surface area contributed by atoms with Gasteiger partial charge in [0, 0.05) is 11.1 Å². The summed E-state index contributed by atoms with van der Waals surface area (Å²) in [7, 11) is 2.56. The van der Waals surface area contributed by atoms with Crippen molar-refractivity contribution in [1.29, 1.82) is 0 Å². The minimum absolute atomic E-state index is 0.256. The number of carbonyl (C=O) groups is 4. The fourth-order valence-electron chi connectivity index (χ4n) is 2.97. The number of ether oxygens (including phenoxy) is 2. The third-order valence-electron chi connectivity index (χ3n) is 4.48. The molecule has 28 heavy (non-hydrogen) atoms. The number of esters is 2. The van der Waals surface area contributed by atoms with Crippen molar-refractivity contribution in [2.24, 2.45) is 0 Å². The van der Waals surface area contributed by atoms with Crippen LogP contribution in [0.2, 0.25) is 0 Å². The summed E-state index contributed by atoms with van der Waals surface area (Å²) in [6, 6.07) is 10.3. The lowest BCUT2D eigenvalue weighted by Gasteiger charge is -2.08. The number of aryl methyl sites for hydroxylation is 2. The van der Waals surface area contributed by atoms with Gasteiger partial charge in [0.15, 0.2) is 12.6 Å². The highest BCUT2D eigenvalue weighted by Gasteiger charge is 2.13. The molecule has 146 valence electrons. The Labute approximate surface area is 163 Å². The number of hydrogen-bond acceptors (Lipinski definition) is 6. The summed E-state index contributed by atoms with van der Waals surface area (Å²) >= 11 is 0. The fraction of sp³-hybridized carbons (Fsp3) is 0.273. The molecule has 0 aliphatic rings. The van der Waals surface area contributed by atoms with Crippen molar-refractivity contribution < 1.29 is 28.7 Å². The Morgan fingerprint density at radius 2 is 1.29 bits per heavy atom. The maximum absolute atomic E-state index is 11.8. The van der Waals surface area contributed by atoms with Crippen LogP contribution in [0.1, 0.15) is 65.4 Å². The van der Waals surface area contributed by atoms with Crippen LogP contribution in [0.4, 0.5) is 0 Å². The molecule has 6 heteroatoms. The molecule has 2 rings (SSSR count). The van der Waals surface area contributed by atoms with Crippen molar-refractivity contribution in [3.63, 3.8) is 0 Å². The third-order valence-corrected chi connectivity index (χ3v) is 4.48. The molecule has 0 spiro atoms. The minimum atomic E-state index is -0.533. The number of aldehydes is 2. The fourth-order valence-corrected chi connectivity index (χ4v) is 2.97. The first kappa shape index (κ1) is 21.0. The monoisotopic (exact) mass is 382 g/mol. The Balaban J connectivity index is 1.97. The van der Waals surface area contributed by atoms with Crippen LogP contribution < -0.4 is 0 Å². The summed E-state index contributed by atoms with van der Waals surface area (Å²) in [4.78, 5) is 45.7. The zero-order valence-corrected chi connectivity index (χ0v) is 15.9. The Morgan fingerprint density at radius 1 is 0.750 bits per heavy atom. The standard InChI is InChI=1S/C22H22O6/c1-27-21(25)19-10-8-15(11-18(19)14-24)5-3-4-6-16-7-9-17(13-23)20(12-16)22(26)28-2/h7-14H,3-6H2,1-2H3. The number of hydrogen-bond donors (Lipinski definition) is 0. The molecule has 0 saturated heterocycles. The van der Waals surface area contributed by atoms with Crippen LogP contribution in [0.3, 0.4) is 0 Å². The van der Waals surface area contributed by atoms with E-state index in [1.807, 2.05) is 12.1 Å². The highest BCUT2D eigenvalue weighted by Crippen LogP contribution is 2.17. The molecule has 0 aliphatic carbocycles. The molecule has 0 unspecified atom stereocenters. The van der Waals surface area contributed by atoms with Gasteiger partial charge in [-0.25, -0.2) is 9.59 Å². The molecule has 0 N–H and O–H groups in total. The van der Waals surface area contributed by atoms with Crippen molar-refractivity contribution in [3.05, 3.63) is 69.8 Å². The summed E-state index contributed by atoms with van der Waals surface area (Å²) in [6.07, 6.45) is 4.49. The second kappa shape index (κ2) is 10.2. The number of carbonyl (C=O) groups excluding carboxylic acids is 4. The molecule has 2 aromatic carbocycles. The topological polar surface area (TPSA) is 86.7 Å². The first-order valence-electron chi connectivity index (χ1n) is 8.86. The van der Waals surface area contributed by atoms with Crippen molar-refractivity contribution in [1.82, 2.24) is 0 Å². The van der Waals surface area contributed by atoms with Crippen molar-refractivity contribution in [2.75, 3.05) is 14.2 Å². The Morgan fingerprint density at radius 3 is 1.86 bits per heavy atom. The molecule has 0 aliphatic heterocycles. The first-order chi connectivity index (χ1) is 13.5. The van der Waals surface area contributed by atoms with Gasteiger partial charge in [-0.2, -0.15) is 0 Å². The lowest BCUT2D eigenvalue weighted by molar-refractivity contribution is 0.0590. The highest BCUT2D eigenvalue weighted by atomic mass is 16.5. The van der Waals surface area contributed by atoms with Gasteiger partial charge in [0.2, 0.25) is 0 Å². The van der Waals surface area contributed by atoms with Gasteiger partial charge < -0.3 is 9.47 Å². The van der Waals surface area contributed by atoms with Gasteiger partial charge >= 0.3 is 11.9 Å². The quantitative estimate of drug-likeness (QED) is 0.375. The van der Waals surface area contributed by atoms with Gasteiger partial charge in [0.05, 0.1) is 25.3 Å². The molecule has 0 heterocycles. The van der Waals surface area contributed by atoms with E-state index in [2.05, 4.69) is 4.74 Å². The maximum Gasteiger partial charge on any atom is 0.338 e. The number of methoxy groups -OCH3 is 2. The van der Waals surface area contributed by atoms with Crippen LogP contribution in [-0.2, 0) is 22.3 Å². The second-order valence-corrected chi connectivity index (χ2v) is 6.27. The molecule has 6 nitrogen and oxygen atoms in total. The van der Waals surface area contributed by atoms with Crippen LogP contribution >= 0.6 is 0 Å². The highest BCUT2D eigenvalue weighted by molar-refractivity contribution is 5.99. The molecular weight excluding hydrogens is 360 g/mol. The molecule has 0 bridgehead atoms. The average Bonchev–Trinajstić information content (AvgIpc) is 2.75. The van der Waals surface area contributed by atoms with Gasteiger partial charge in [-0.1, -0.05) is 18.2 Å². The molecule has 0 aromatic heterocycles. The Kier molecular flexibility index (Phi) is 7.63. The van der Waals surface area contributed by atoms with Gasteiger partial charge in [-0.05, 0) is 55.0 Å². The summed E-state index contributed by atoms with van der Waals surface area (Å²) in [6.45, 7) is 0. The maximum atomic E-state index is 11.8. The van der Waals surface area contributed by atoms with Crippen molar-refractivity contribution in [3.8, 4) is 0 Å². The smallest absolute Gasteiger partial charge is 0.338 e. The number of rotatable bonds is 9. The van der Waals surface area contributed by atoms with Gasteiger partial charge in [0.25, 0.3) is 0 Å². The van der Waals surface area contributed by atoms with Gasteiger partial charge in [-0.15, -0.1) is 0 Å². The third kappa shape index (κ3) is 5.13. The first-order valence-corrected chi connectivity index (χ1v) is 8.86. The van der Waals surface area contributed by atoms with E-state index < -0.39 is 11.9 Å². The molecule has 0 saturated carbocycles. The normalized spacial score (nSPS) is 10.2. The summed E-state index contributed by atoms with van der Waals surface area (Å²) in [5.74, 6) is -1.06. The minimum Gasteiger partial charge on any atom is -0.465 e. The number of benzene rings is 2. The van der Waals surface area contributed by atoms with E-state index in [0.717, 1.165) is 36.8 Å². The van der Waals surface area contributed by atoms with Crippen molar-refractivity contribution >= 4 is 24.5 Å². The second-order valence-electron chi connectivity index (χ2n) is 6.27. The van der Waals surface area contributed by atoms with Gasteiger partial charge in [-0.3, -0.25) is 9.59 Å². The molecule has 0 fully saturated rings. The molecule has 2 aromatic rings. The zero-order chi connectivity index (χ0) is 20.5. The lowest BCUT2D eigenvalue weighted by atomic mass is 9.98. The summed E-state index contributed by atoms with van der Waals surface area (Å²) < 4.78 is 9.38. The van der Waals surface area contributed by atoms with Gasteiger partial charge in [0.1, 0.15) is 0 Å². The lowest BCUT2D eigenvalue weighted by Crippen LogP contribution is -2.06.